The van der Waals surface area contributed by atoms with E-state index in [1.165, 1.54) is 0 Å². The lowest BCUT2D eigenvalue weighted by Gasteiger charge is -2.03. The number of hydrogen-bond acceptors (Lipinski definition) is 5. The highest BCUT2D eigenvalue weighted by Crippen LogP contribution is 2.29. The van der Waals surface area contributed by atoms with Crippen molar-refractivity contribution >= 4 is 23.7 Å². The Morgan fingerprint density at radius 3 is 2.72 bits per heavy atom. The molecule has 5 rings (SSSR count). The Hall–Kier alpha value is -3.65. The zero-order chi connectivity index (χ0) is 18.9. The predicted molar refractivity (Wildman–Crippen MR) is 114 cm³/mol. The van der Waals surface area contributed by atoms with Crippen LogP contribution in [0.25, 0.3) is 28.3 Å². The molecule has 0 saturated carbocycles. The molecule has 0 aliphatic rings. The van der Waals surface area contributed by atoms with Gasteiger partial charge in [0, 0.05) is 30.7 Å². The van der Waals surface area contributed by atoms with Crippen LogP contribution in [-0.4, -0.2) is 34.3 Å². The van der Waals surface area contributed by atoms with Crippen LogP contribution in [0.1, 0.15) is 5.82 Å². The molecule has 4 aromatic heterocycles. The largest absolute Gasteiger partial charge is 0.378 e. The smallest absolute Gasteiger partial charge is 0.155 e. The van der Waals surface area contributed by atoms with Crippen molar-refractivity contribution in [2.45, 2.75) is 6.54 Å². The summed E-state index contributed by atoms with van der Waals surface area (Å²) in [5, 5.41) is 12.2. The summed E-state index contributed by atoms with van der Waals surface area (Å²) in [5.74, 6) is 0.832. The van der Waals surface area contributed by atoms with Gasteiger partial charge in [-0.3, -0.25) is 4.68 Å². The number of aromatic nitrogens is 7. The predicted octanol–water partition coefficient (Wildman–Crippen LogP) is 3.55. The second-order valence-corrected chi connectivity index (χ2v) is 6.48. The summed E-state index contributed by atoms with van der Waals surface area (Å²) in [5.41, 5.74) is 5.35. The first kappa shape index (κ1) is 18.7. The number of aryl methyl sites for hydroxylation is 1. The normalized spacial score (nSPS) is 10.8. The number of hydrogen-bond donors (Lipinski definition) is 2. The zero-order valence-corrected chi connectivity index (χ0v) is 16.5. The van der Waals surface area contributed by atoms with Crippen LogP contribution in [-0.2, 0) is 13.6 Å². The van der Waals surface area contributed by atoms with E-state index < -0.39 is 0 Å². The number of imidazole rings is 1. The summed E-state index contributed by atoms with van der Waals surface area (Å²) >= 11 is 0. The Labute approximate surface area is 173 Å². The van der Waals surface area contributed by atoms with Crippen LogP contribution >= 0.6 is 12.4 Å². The molecule has 0 atom stereocenters. The maximum Gasteiger partial charge on any atom is 0.155 e. The van der Waals surface area contributed by atoms with Crippen LogP contribution in [0.3, 0.4) is 0 Å². The molecule has 0 bridgehead atoms. The lowest BCUT2D eigenvalue weighted by atomic mass is 10.1. The highest BCUT2D eigenvalue weighted by atomic mass is 35.5. The molecule has 0 saturated heterocycles. The number of nitrogens with zero attached hydrogens (tertiary/aromatic N) is 6. The average Bonchev–Trinajstić information content (AvgIpc) is 3.45. The number of aromatic amines is 1. The number of para-hydroxylation sites is 1. The van der Waals surface area contributed by atoms with E-state index in [4.69, 9.17) is 4.98 Å². The molecule has 0 amide bonds. The second-order valence-electron chi connectivity index (χ2n) is 6.48. The number of nitrogens with one attached hydrogen (secondary N) is 2. The molecule has 0 spiro atoms. The molecule has 0 aliphatic heterocycles. The van der Waals surface area contributed by atoms with Crippen LogP contribution in [0.4, 0.5) is 5.69 Å². The molecule has 29 heavy (non-hydrogen) atoms. The Kier molecular flexibility index (Phi) is 5.01. The summed E-state index contributed by atoms with van der Waals surface area (Å²) in [6.07, 6.45) is 5.40. The topological polar surface area (TPSA) is 88.7 Å². The van der Waals surface area contributed by atoms with E-state index in [2.05, 4.69) is 25.5 Å². The van der Waals surface area contributed by atoms with Gasteiger partial charge in [-0.2, -0.15) is 10.2 Å². The van der Waals surface area contributed by atoms with Crippen LogP contribution in [0, 0.1) is 0 Å². The third-order valence-corrected chi connectivity index (χ3v) is 4.51. The number of fused-ring (bicyclic) bond motifs is 1. The SMILES string of the molecule is Cl.Cn1ccc(-c2nc(CNc3ccccc3)[nH]c2-c2ccc3ncnn3c2)n1. The van der Waals surface area contributed by atoms with Gasteiger partial charge in [0.05, 0.1) is 12.2 Å². The van der Waals surface area contributed by atoms with Gasteiger partial charge in [0.1, 0.15) is 23.5 Å². The molecule has 0 unspecified atom stereocenters. The van der Waals surface area contributed by atoms with Crippen molar-refractivity contribution in [1.82, 2.24) is 34.3 Å². The fourth-order valence-electron chi connectivity index (χ4n) is 3.15. The maximum absolute atomic E-state index is 4.81. The molecule has 2 N–H and O–H groups in total. The minimum atomic E-state index is 0. The molecule has 8 nitrogen and oxygen atoms in total. The quantitative estimate of drug-likeness (QED) is 0.466. The minimum absolute atomic E-state index is 0. The molecule has 1 aromatic carbocycles. The van der Waals surface area contributed by atoms with Gasteiger partial charge in [-0.05, 0) is 30.3 Å². The molecule has 146 valence electrons. The number of rotatable bonds is 5. The van der Waals surface area contributed by atoms with Crippen LogP contribution in [0.5, 0.6) is 0 Å². The van der Waals surface area contributed by atoms with Gasteiger partial charge in [-0.15, -0.1) is 12.4 Å². The molecular formula is C20H19ClN8. The molecule has 0 fully saturated rings. The van der Waals surface area contributed by atoms with Crippen molar-refractivity contribution in [3.63, 3.8) is 0 Å². The third kappa shape index (κ3) is 3.70. The van der Waals surface area contributed by atoms with Crippen molar-refractivity contribution in [3.8, 4) is 22.6 Å². The summed E-state index contributed by atoms with van der Waals surface area (Å²) in [6.45, 7) is 0.579. The summed E-state index contributed by atoms with van der Waals surface area (Å²) in [7, 11) is 1.90. The van der Waals surface area contributed by atoms with Gasteiger partial charge in [-0.25, -0.2) is 14.5 Å². The Balaban J connectivity index is 0.00000205. The summed E-state index contributed by atoms with van der Waals surface area (Å²) in [6, 6.07) is 16.0. The first-order chi connectivity index (χ1) is 13.8. The number of H-pyrrole nitrogens is 1. The molecule has 9 heteroatoms. The van der Waals surface area contributed by atoms with Gasteiger partial charge in [0.2, 0.25) is 0 Å². The fourth-order valence-corrected chi connectivity index (χ4v) is 3.15. The van der Waals surface area contributed by atoms with Crippen molar-refractivity contribution in [3.05, 3.63) is 73.1 Å². The lowest BCUT2D eigenvalue weighted by molar-refractivity contribution is 0.770. The average molecular weight is 407 g/mol. The van der Waals surface area contributed by atoms with E-state index in [1.54, 1.807) is 15.5 Å². The van der Waals surface area contributed by atoms with Gasteiger partial charge < -0.3 is 10.3 Å². The van der Waals surface area contributed by atoms with E-state index in [1.807, 2.05) is 68.0 Å². The van der Waals surface area contributed by atoms with E-state index in [-0.39, 0.29) is 12.4 Å². The second kappa shape index (κ2) is 7.76. The Morgan fingerprint density at radius 2 is 1.93 bits per heavy atom. The molecular weight excluding hydrogens is 388 g/mol. The molecule has 5 aromatic rings. The highest BCUT2D eigenvalue weighted by molar-refractivity contribution is 5.85. The molecule has 0 aliphatic carbocycles. The van der Waals surface area contributed by atoms with Crippen LogP contribution in [0.15, 0.2) is 67.3 Å². The summed E-state index contributed by atoms with van der Waals surface area (Å²) in [4.78, 5) is 12.5. The fraction of sp³-hybridized carbons (Fsp3) is 0.100. The van der Waals surface area contributed by atoms with Gasteiger partial charge >= 0.3 is 0 Å². The minimum Gasteiger partial charge on any atom is -0.378 e. The summed E-state index contributed by atoms with van der Waals surface area (Å²) < 4.78 is 3.52. The van der Waals surface area contributed by atoms with E-state index in [0.717, 1.165) is 39.8 Å². The Bertz CT molecular complexity index is 1240. The van der Waals surface area contributed by atoms with E-state index in [9.17, 15) is 0 Å². The number of anilines is 1. The van der Waals surface area contributed by atoms with Gasteiger partial charge in [0.15, 0.2) is 5.65 Å². The maximum atomic E-state index is 4.81. The first-order valence-corrected chi connectivity index (χ1v) is 8.94. The standard InChI is InChI=1S/C20H18N8.ClH/c1-27-10-9-16(26-27)20-19(14-7-8-18-22-13-23-28(18)12-14)24-17(25-20)11-21-15-5-3-2-4-6-15;/h2-10,12-13,21H,11H2,1H3,(H,24,25);1H. The van der Waals surface area contributed by atoms with Crippen molar-refractivity contribution in [1.29, 1.82) is 0 Å². The van der Waals surface area contributed by atoms with Crippen molar-refractivity contribution in [2.24, 2.45) is 7.05 Å². The highest BCUT2D eigenvalue weighted by Gasteiger charge is 2.17. The van der Waals surface area contributed by atoms with Crippen LogP contribution < -0.4 is 5.32 Å². The van der Waals surface area contributed by atoms with E-state index in [0.29, 0.717) is 6.54 Å². The lowest BCUT2D eigenvalue weighted by Crippen LogP contribution is -2.01. The third-order valence-electron chi connectivity index (χ3n) is 4.51. The first-order valence-electron chi connectivity index (χ1n) is 8.94. The van der Waals surface area contributed by atoms with Crippen LogP contribution in [0.2, 0.25) is 0 Å². The van der Waals surface area contributed by atoms with Crippen molar-refractivity contribution in [2.75, 3.05) is 5.32 Å². The van der Waals surface area contributed by atoms with Gasteiger partial charge in [-0.1, -0.05) is 18.2 Å². The molecule has 0 radical (unpaired) electrons. The van der Waals surface area contributed by atoms with E-state index >= 15 is 0 Å². The monoisotopic (exact) mass is 406 g/mol. The number of halogens is 1. The number of benzene rings is 1. The number of pyridine rings is 1. The van der Waals surface area contributed by atoms with Crippen molar-refractivity contribution < 1.29 is 0 Å². The Morgan fingerprint density at radius 1 is 1.07 bits per heavy atom. The zero-order valence-electron chi connectivity index (χ0n) is 15.6. The molecule has 4 heterocycles. The van der Waals surface area contributed by atoms with Gasteiger partial charge in [0.25, 0.3) is 0 Å².